The van der Waals surface area contributed by atoms with Gasteiger partial charge in [-0.2, -0.15) is 0 Å². The first-order chi connectivity index (χ1) is 9.49. The largest absolute Gasteiger partial charge is 0.436 e. The first-order valence-electron chi connectivity index (χ1n) is 6.33. The minimum Gasteiger partial charge on any atom is -0.436 e. The van der Waals surface area contributed by atoms with Crippen molar-refractivity contribution >= 4 is 11.9 Å². The van der Waals surface area contributed by atoms with Gasteiger partial charge in [-0.25, -0.2) is 0 Å². The molecule has 0 aliphatic rings. The van der Waals surface area contributed by atoms with Gasteiger partial charge in [-0.3, -0.25) is 9.59 Å². The van der Waals surface area contributed by atoms with Crippen LogP contribution < -0.4 is 0 Å². The fourth-order valence-electron chi connectivity index (χ4n) is 1.17. The maximum absolute atomic E-state index is 11.4. The highest BCUT2D eigenvalue weighted by molar-refractivity contribution is 5.77. The van der Waals surface area contributed by atoms with Crippen LogP contribution in [0.4, 0.5) is 0 Å². The maximum Gasteiger partial charge on any atom is 0.308 e. The molecule has 6 nitrogen and oxygen atoms in total. The molecule has 0 spiro atoms. The second-order valence-electron chi connectivity index (χ2n) is 3.86. The first kappa shape index (κ1) is 18.3. The van der Waals surface area contributed by atoms with E-state index in [0.29, 0.717) is 0 Å². The lowest BCUT2D eigenvalue weighted by Gasteiger charge is -2.14. The van der Waals surface area contributed by atoms with Crippen LogP contribution in [0.3, 0.4) is 0 Å². The van der Waals surface area contributed by atoms with E-state index in [1.54, 1.807) is 26.0 Å². The Labute approximate surface area is 119 Å². The molecule has 2 unspecified atom stereocenters. The van der Waals surface area contributed by atoms with Crippen LogP contribution >= 0.6 is 0 Å². The molecule has 114 valence electrons. The van der Waals surface area contributed by atoms with Crippen molar-refractivity contribution in [2.45, 2.75) is 39.3 Å². The average molecular weight is 286 g/mol. The lowest BCUT2D eigenvalue weighted by atomic mass is 10.3. The van der Waals surface area contributed by atoms with Crippen LogP contribution in [0.2, 0.25) is 0 Å². The van der Waals surface area contributed by atoms with Crippen molar-refractivity contribution in [3.8, 4) is 0 Å². The van der Waals surface area contributed by atoms with Crippen LogP contribution in [0.15, 0.2) is 25.3 Å². The maximum atomic E-state index is 11.4. The number of hydrogen-bond acceptors (Lipinski definition) is 6. The molecule has 0 aromatic carbocycles. The van der Waals surface area contributed by atoms with E-state index in [2.05, 4.69) is 13.2 Å². The molecule has 0 saturated carbocycles. The predicted molar refractivity (Wildman–Crippen MR) is 72.6 cm³/mol. The van der Waals surface area contributed by atoms with E-state index in [9.17, 15) is 9.59 Å². The van der Waals surface area contributed by atoms with Gasteiger partial charge in [-0.15, -0.1) is 13.2 Å². The third kappa shape index (κ3) is 10.3. The first-order valence-corrected chi connectivity index (χ1v) is 6.33. The molecule has 0 saturated heterocycles. The Morgan fingerprint density at radius 3 is 1.55 bits per heavy atom. The Balaban J connectivity index is 3.79. The fraction of sp³-hybridized carbons (Fsp3) is 0.571. The summed E-state index contributed by atoms with van der Waals surface area (Å²) in [7, 11) is 0. The highest BCUT2D eigenvalue weighted by Crippen LogP contribution is 2.03. The smallest absolute Gasteiger partial charge is 0.308 e. The zero-order valence-corrected chi connectivity index (χ0v) is 12.0. The summed E-state index contributed by atoms with van der Waals surface area (Å²) < 4.78 is 20.0. The van der Waals surface area contributed by atoms with E-state index in [1.807, 2.05) is 0 Å². The second-order valence-corrected chi connectivity index (χ2v) is 3.86. The predicted octanol–water partition coefficient (Wildman–Crippen LogP) is 1.95. The molecule has 0 aromatic heterocycles. The average Bonchev–Trinajstić information content (AvgIpc) is 2.40. The van der Waals surface area contributed by atoms with E-state index >= 15 is 0 Å². The number of hydrogen-bond donors (Lipinski definition) is 0. The molecular formula is C14H22O6. The van der Waals surface area contributed by atoms with Gasteiger partial charge in [0.1, 0.15) is 0 Å². The number of ether oxygens (including phenoxy) is 4. The van der Waals surface area contributed by atoms with Gasteiger partial charge in [0.05, 0.1) is 26.1 Å². The molecule has 6 heteroatoms. The minimum atomic E-state index is -0.675. The molecule has 0 N–H and O–H groups in total. The van der Waals surface area contributed by atoms with Crippen molar-refractivity contribution in [2.24, 2.45) is 0 Å². The Hall–Kier alpha value is -1.66. The summed E-state index contributed by atoms with van der Waals surface area (Å²) >= 11 is 0. The zero-order valence-electron chi connectivity index (χ0n) is 12.0. The number of rotatable bonds is 11. The lowest BCUT2D eigenvalue weighted by Crippen LogP contribution is -2.21. The molecule has 20 heavy (non-hydrogen) atoms. The quantitative estimate of drug-likeness (QED) is 0.328. The van der Waals surface area contributed by atoms with Gasteiger partial charge in [0, 0.05) is 0 Å². The van der Waals surface area contributed by atoms with Crippen molar-refractivity contribution in [3.05, 3.63) is 25.3 Å². The molecule has 0 aliphatic heterocycles. The van der Waals surface area contributed by atoms with Crippen molar-refractivity contribution in [3.63, 3.8) is 0 Å². The zero-order chi connectivity index (χ0) is 15.4. The summed E-state index contributed by atoms with van der Waals surface area (Å²) in [5, 5.41) is 0. The Morgan fingerprint density at radius 2 is 1.25 bits per heavy atom. The van der Waals surface area contributed by atoms with Gasteiger partial charge in [0.15, 0.2) is 12.6 Å². The van der Waals surface area contributed by atoms with E-state index < -0.39 is 24.5 Å². The standard InChI is InChI=1S/C14H22O6/c1-5-9-17-11(3)19-13(15)7-8-14(16)20-12(4)18-10-6-2/h5-6,11-12H,1-2,7-10H2,3-4H3. The monoisotopic (exact) mass is 286 g/mol. The fourth-order valence-corrected chi connectivity index (χ4v) is 1.17. The van der Waals surface area contributed by atoms with Crippen molar-refractivity contribution in [2.75, 3.05) is 13.2 Å². The third-order valence-electron chi connectivity index (χ3n) is 2.03. The molecule has 0 rings (SSSR count). The van der Waals surface area contributed by atoms with Gasteiger partial charge >= 0.3 is 11.9 Å². The van der Waals surface area contributed by atoms with Crippen molar-refractivity contribution in [1.82, 2.24) is 0 Å². The third-order valence-corrected chi connectivity index (χ3v) is 2.03. The Kier molecular flexibility index (Phi) is 10.3. The molecular weight excluding hydrogens is 264 g/mol. The Bertz CT molecular complexity index is 294. The van der Waals surface area contributed by atoms with E-state index in [-0.39, 0.29) is 26.1 Å². The van der Waals surface area contributed by atoms with Crippen molar-refractivity contribution in [1.29, 1.82) is 0 Å². The molecule has 0 radical (unpaired) electrons. The molecule has 0 aromatic rings. The van der Waals surface area contributed by atoms with E-state index in [4.69, 9.17) is 18.9 Å². The van der Waals surface area contributed by atoms with Gasteiger partial charge < -0.3 is 18.9 Å². The summed E-state index contributed by atoms with van der Waals surface area (Å²) in [6.07, 6.45) is 1.60. The lowest BCUT2D eigenvalue weighted by molar-refractivity contribution is -0.179. The van der Waals surface area contributed by atoms with Crippen LogP contribution in [-0.4, -0.2) is 37.7 Å². The van der Waals surface area contributed by atoms with Crippen LogP contribution in [-0.2, 0) is 28.5 Å². The molecule has 0 bridgehead atoms. The van der Waals surface area contributed by atoms with Gasteiger partial charge in [0.2, 0.25) is 0 Å². The normalized spacial score (nSPS) is 13.1. The van der Waals surface area contributed by atoms with E-state index in [1.165, 1.54) is 0 Å². The highest BCUT2D eigenvalue weighted by atomic mass is 16.7. The van der Waals surface area contributed by atoms with Crippen LogP contribution in [0, 0.1) is 0 Å². The molecule has 0 heterocycles. The van der Waals surface area contributed by atoms with Crippen LogP contribution in [0.1, 0.15) is 26.7 Å². The summed E-state index contributed by atoms with van der Waals surface area (Å²) in [4.78, 5) is 22.8. The number of carbonyl (C=O) groups excluding carboxylic acids is 2. The molecule has 0 amide bonds. The summed E-state index contributed by atoms with van der Waals surface area (Å²) in [6.45, 7) is 10.7. The molecule has 0 fully saturated rings. The molecule has 0 aliphatic carbocycles. The summed E-state index contributed by atoms with van der Waals surface area (Å²) in [5.74, 6) is -1.06. The van der Waals surface area contributed by atoms with Gasteiger partial charge in [0.25, 0.3) is 0 Å². The van der Waals surface area contributed by atoms with Crippen molar-refractivity contribution < 1.29 is 28.5 Å². The minimum absolute atomic E-state index is 0.0746. The van der Waals surface area contributed by atoms with Gasteiger partial charge in [-0.05, 0) is 13.8 Å². The van der Waals surface area contributed by atoms with Gasteiger partial charge in [-0.1, -0.05) is 12.2 Å². The summed E-state index contributed by atoms with van der Waals surface area (Å²) in [5.41, 5.74) is 0. The topological polar surface area (TPSA) is 71.1 Å². The SMILES string of the molecule is C=CCOC(C)OC(=O)CCC(=O)OC(C)OCC=C. The van der Waals surface area contributed by atoms with Crippen LogP contribution in [0.25, 0.3) is 0 Å². The van der Waals surface area contributed by atoms with E-state index in [0.717, 1.165) is 0 Å². The molecule has 2 atom stereocenters. The number of esters is 2. The summed E-state index contributed by atoms with van der Waals surface area (Å²) in [6, 6.07) is 0. The number of carbonyl (C=O) groups is 2. The second kappa shape index (κ2) is 11.2. The highest BCUT2D eigenvalue weighted by Gasteiger charge is 2.14. The Morgan fingerprint density at radius 1 is 0.900 bits per heavy atom. The van der Waals surface area contributed by atoms with Crippen LogP contribution in [0.5, 0.6) is 0 Å².